The lowest BCUT2D eigenvalue weighted by Gasteiger charge is -2.27. The van der Waals surface area contributed by atoms with Gasteiger partial charge in [0.25, 0.3) is 0 Å². The van der Waals surface area contributed by atoms with Crippen molar-refractivity contribution < 1.29 is 0 Å². The van der Waals surface area contributed by atoms with Crippen molar-refractivity contribution in [1.29, 1.82) is 0 Å². The highest BCUT2D eigenvalue weighted by molar-refractivity contribution is 5.31. The van der Waals surface area contributed by atoms with Crippen LogP contribution in [0.25, 0.3) is 0 Å². The average molecular weight is 262 g/mol. The number of hydrogen-bond donors (Lipinski definition) is 1. The summed E-state index contributed by atoms with van der Waals surface area (Å²) in [4.78, 5) is 11.5. The van der Waals surface area contributed by atoms with Crippen molar-refractivity contribution in [2.45, 2.75) is 58.5 Å². The van der Waals surface area contributed by atoms with Gasteiger partial charge >= 0.3 is 0 Å². The molecule has 0 bridgehead atoms. The van der Waals surface area contributed by atoms with Gasteiger partial charge < -0.3 is 10.2 Å². The lowest BCUT2D eigenvalue weighted by Crippen LogP contribution is -2.34. The third kappa shape index (κ3) is 3.90. The number of aromatic nitrogens is 2. The fourth-order valence-corrected chi connectivity index (χ4v) is 2.78. The Hall–Kier alpha value is -1.16. The smallest absolute Gasteiger partial charge is 0.225 e. The van der Waals surface area contributed by atoms with E-state index in [1.165, 1.54) is 31.2 Å². The van der Waals surface area contributed by atoms with Gasteiger partial charge in [-0.05, 0) is 32.7 Å². The summed E-state index contributed by atoms with van der Waals surface area (Å²) in [5, 5.41) is 3.38. The quantitative estimate of drug-likeness (QED) is 0.767. The minimum absolute atomic E-state index is 0.647. The summed E-state index contributed by atoms with van der Waals surface area (Å²) in [7, 11) is 0. The first-order valence-corrected chi connectivity index (χ1v) is 7.63. The summed E-state index contributed by atoms with van der Waals surface area (Å²) < 4.78 is 0. The fraction of sp³-hybridized carbons (Fsp3) is 0.733. The number of anilines is 1. The minimum atomic E-state index is 0.647. The molecule has 1 aliphatic rings. The molecule has 1 aromatic rings. The van der Waals surface area contributed by atoms with E-state index in [9.17, 15) is 0 Å². The molecule has 1 fully saturated rings. The lowest BCUT2D eigenvalue weighted by molar-refractivity contribution is 0.603. The Morgan fingerprint density at radius 2 is 1.89 bits per heavy atom. The summed E-state index contributed by atoms with van der Waals surface area (Å²) >= 11 is 0. The first kappa shape index (κ1) is 14.3. The zero-order valence-electron chi connectivity index (χ0n) is 12.2. The second kappa shape index (κ2) is 7.43. The first-order valence-electron chi connectivity index (χ1n) is 7.63. The van der Waals surface area contributed by atoms with Crippen LogP contribution in [0.3, 0.4) is 0 Å². The molecule has 1 heterocycles. The van der Waals surface area contributed by atoms with Gasteiger partial charge in [0.15, 0.2) is 0 Å². The van der Waals surface area contributed by atoms with Gasteiger partial charge in [0.05, 0.1) is 0 Å². The standard InChI is InChI=1S/C15H26N4/c1-3-9-16-10-13-11-17-15(18-12-13)19(4-2)14-7-5-6-8-14/h11-12,14,16H,3-10H2,1-2H3. The van der Waals surface area contributed by atoms with Crippen LogP contribution in [0.5, 0.6) is 0 Å². The summed E-state index contributed by atoms with van der Waals surface area (Å²) in [6.45, 7) is 7.28. The molecule has 4 heteroatoms. The van der Waals surface area contributed by atoms with Gasteiger partial charge in [0, 0.05) is 37.1 Å². The van der Waals surface area contributed by atoms with E-state index in [-0.39, 0.29) is 0 Å². The van der Waals surface area contributed by atoms with Crippen molar-refractivity contribution in [3.8, 4) is 0 Å². The Bertz CT molecular complexity index is 357. The predicted octanol–water partition coefficient (Wildman–Crippen LogP) is 2.75. The molecule has 1 aromatic heterocycles. The van der Waals surface area contributed by atoms with Crippen LogP contribution in [0.4, 0.5) is 5.95 Å². The van der Waals surface area contributed by atoms with Crippen LogP contribution in [0.15, 0.2) is 12.4 Å². The van der Waals surface area contributed by atoms with Crippen LogP contribution in [-0.2, 0) is 6.54 Å². The first-order chi connectivity index (χ1) is 9.35. The minimum Gasteiger partial charge on any atom is -0.338 e. The molecule has 0 radical (unpaired) electrons. The Labute approximate surface area is 116 Å². The summed E-state index contributed by atoms with van der Waals surface area (Å²) in [5.41, 5.74) is 1.17. The molecule has 2 rings (SSSR count). The molecule has 0 aromatic carbocycles. The largest absolute Gasteiger partial charge is 0.338 e. The van der Waals surface area contributed by atoms with E-state index in [4.69, 9.17) is 0 Å². The molecule has 4 nitrogen and oxygen atoms in total. The highest BCUT2D eigenvalue weighted by Gasteiger charge is 2.23. The van der Waals surface area contributed by atoms with Gasteiger partial charge in [-0.1, -0.05) is 19.8 Å². The Kier molecular flexibility index (Phi) is 5.58. The van der Waals surface area contributed by atoms with E-state index in [1.54, 1.807) is 0 Å². The zero-order valence-corrected chi connectivity index (χ0v) is 12.2. The van der Waals surface area contributed by atoms with Crippen LogP contribution in [0.1, 0.15) is 51.5 Å². The fourth-order valence-electron chi connectivity index (χ4n) is 2.78. The molecule has 0 aliphatic heterocycles. The predicted molar refractivity (Wildman–Crippen MR) is 79.3 cm³/mol. The molecule has 0 spiro atoms. The maximum absolute atomic E-state index is 4.55. The highest BCUT2D eigenvalue weighted by atomic mass is 15.3. The van der Waals surface area contributed by atoms with Crippen molar-refractivity contribution in [1.82, 2.24) is 15.3 Å². The summed E-state index contributed by atoms with van der Waals surface area (Å²) in [5.74, 6) is 0.897. The Morgan fingerprint density at radius 1 is 1.21 bits per heavy atom. The van der Waals surface area contributed by atoms with Gasteiger partial charge in [0.2, 0.25) is 5.95 Å². The SMILES string of the molecule is CCCNCc1cnc(N(CC)C2CCCC2)nc1. The van der Waals surface area contributed by atoms with E-state index in [1.807, 2.05) is 12.4 Å². The van der Waals surface area contributed by atoms with Gasteiger partial charge in [-0.2, -0.15) is 0 Å². The van der Waals surface area contributed by atoms with Crippen molar-refractivity contribution in [2.75, 3.05) is 18.0 Å². The second-order valence-corrected chi connectivity index (χ2v) is 5.29. The van der Waals surface area contributed by atoms with Crippen LogP contribution in [-0.4, -0.2) is 29.1 Å². The van der Waals surface area contributed by atoms with Gasteiger partial charge in [-0.15, -0.1) is 0 Å². The molecule has 1 N–H and O–H groups in total. The molecule has 106 valence electrons. The van der Waals surface area contributed by atoms with E-state index < -0.39 is 0 Å². The van der Waals surface area contributed by atoms with E-state index in [0.717, 1.165) is 32.0 Å². The van der Waals surface area contributed by atoms with E-state index >= 15 is 0 Å². The van der Waals surface area contributed by atoms with Gasteiger partial charge in [-0.25, -0.2) is 9.97 Å². The van der Waals surface area contributed by atoms with Crippen molar-refractivity contribution >= 4 is 5.95 Å². The number of nitrogens with one attached hydrogen (secondary N) is 1. The molecule has 19 heavy (non-hydrogen) atoms. The third-order valence-corrected chi connectivity index (χ3v) is 3.81. The van der Waals surface area contributed by atoms with Gasteiger partial charge in [-0.3, -0.25) is 0 Å². The van der Waals surface area contributed by atoms with Gasteiger partial charge in [0.1, 0.15) is 0 Å². The lowest BCUT2D eigenvalue weighted by atomic mass is 10.2. The molecule has 0 saturated heterocycles. The molecule has 1 aliphatic carbocycles. The maximum Gasteiger partial charge on any atom is 0.225 e. The average Bonchev–Trinajstić information content (AvgIpc) is 2.96. The zero-order chi connectivity index (χ0) is 13.5. The van der Waals surface area contributed by atoms with Crippen LogP contribution >= 0.6 is 0 Å². The van der Waals surface area contributed by atoms with Crippen LogP contribution < -0.4 is 10.2 Å². The second-order valence-electron chi connectivity index (χ2n) is 5.29. The van der Waals surface area contributed by atoms with Crippen molar-refractivity contribution in [2.24, 2.45) is 0 Å². The molecule has 0 atom stereocenters. The monoisotopic (exact) mass is 262 g/mol. The highest BCUT2D eigenvalue weighted by Crippen LogP contribution is 2.25. The molecular formula is C15H26N4. The molecule has 0 unspecified atom stereocenters. The summed E-state index contributed by atoms with van der Waals surface area (Å²) in [6.07, 6.45) is 10.4. The van der Waals surface area contributed by atoms with Crippen molar-refractivity contribution in [3.05, 3.63) is 18.0 Å². The normalized spacial score (nSPS) is 15.9. The number of rotatable bonds is 7. The molecular weight excluding hydrogens is 236 g/mol. The third-order valence-electron chi connectivity index (χ3n) is 3.81. The van der Waals surface area contributed by atoms with Crippen molar-refractivity contribution in [3.63, 3.8) is 0 Å². The Morgan fingerprint density at radius 3 is 2.47 bits per heavy atom. The maximum atomic E-state index is 4.55. The van der Waals surface area contributed by atoms with Crippen LogP contribution in [0.2, 0.25) is 0 Å². The molecule has 1 saturated carbocycles. The van der Waals surface area contributed by atoms with E-state index in [0.29, 0.717) is 6.04 Å². The Balaban J connectivity index is 1.95. The number of nitrogens with zero attached hydrogens (tertiary/aromatic N) is 3. The van der Waals surface area contributed by atoms with Crippen LogP contribution in [0, 0.1) is 0 Å². The topological polar surface area (TPSA) is 41.1 Å². The molecule has 0 amide bonds. The summed E-state index contributed by atoms with van der Waals surface area (Å²) in [6, 6.07) is 0.647. The number of hydrogen-bond acceptors (Lipinski definition) is 4. The van der Waals surface area contributed by atoms with E-state index in [2.05, 4.69) is 34.0 Å².